The van der Waals surface area contributed by atoms with Crippen LogP contribution in [0.5, 0.6) is 5.88 Å². The van der Waals surface area contributed by atoms with Crippen LogP contribution in [-0.2, 0) is 0 Å². The lowest BCUT2D eigenvalue weighted by atomic mass is 10.3. The van der Waals surface area contributed by atoms with Crippen LogP contribution in [0.3, 0.4) is 0 Å². The standard InChI is InChI=1S/C9H8ClN3O2/c1-4-3-11-7-6(5(4)10)12-9(15-2)8(14)13-7/h3H,1-2H3,(H,11,13,14). The van der Waals surface area contributed by atoms with E-state index in [0.29, 0.717) is 16.2 Å². The number of aryl methyl sites for hydroxylation is 1. The number of aromatic amines is 1. The predicted octanol–water partition coefficient (Wildman–Crippen LogP) is 1.29. The second kappa shape index (κ2) is 3.51. The molecule has 0 aromatic carbocycles. The normalized spacial score (nSPS) is 10.6. The summed E-state index contributed by atoms with van der Waals surface area (Å²) in [6, 6.07) is 0. The molecule has 0 fully saturated rings. The van der Waals surface area contributed by atoms with Crippen molar-refractivity contribution in [1.29, 1.82) is 0 Å². The van der Waals surface area contributed by atoms with E-state index < -0.39 is 5.56 Å². The summed E-state index contributed by atoms with van der Waals surface area (Å²) in [5, 5.41) is 0.467. The predicted molar refractivity (Wildman–Crippen MR) is 56.5 cm³/mol. The fourth-order valence-electron chi connectivity index (χ4n) is 1.22. The van der Waals surface area contributed by atoms with Crippen LogP contribution in [0, 0.1) is 6.92 Å². The van der Waals surface area contributed by atoms with Crippen molar-refractivity contribution < 1.29 is 4.74 Å². The van der Waals surface area contributed by atoms with Crippen molar-refractivity contribution in [3.8, 4) is 5.88 Å². The lowest BCUT2D eigenvalue weighted by Crippen LogP contribution is -2.12. The highest BCUT2D eigenvalue weighted by atomic mass is 35.5. The minimum absolute atomic E-state index is 0.0169. The van der Waals surface area contributed by atoms with E-state index in [1.54, 1.807) is 6.20 Å². The SMILES string of the molecule is COc1nc2c(Cl)c(C)cnc2[nH]c1=O. The highest BCUT2D eigenvalue weighted by Crippen LogP contribution is 2.22. The Morgan fingerprint density at radius 1 is 1.53 bits per heavy atom. The average Bonchev–Trinajstić information content (AvgIpc) is 2.23. The molecular formula is C9H8ClN3O2. The van der Waals surface area contributed by atoms with E-state index in [-0.39, 0.29) is 5.88 Å². The summed E-state index contributed by atoms with van der Waals surface area (Å²) in [6.07, 6.45) is 1.58. The third-order valence-corrected chi connectivity index (χ3v) is 2.48. The topological polar surface area (TPSA) is 67.9 Å². The van der Waals surface area contributed by atoms with E-state index in [0.717, 1.165) is 5.56 Å². The summed E-state index contributed by atoms with van der Waals surface area (Å²) in [5.74, 6) is -0.0169. The molecule has 0 spiro atoms. The highest BCUT2D eigenvalue weighted by Gasteiger charge is 2.09. The molecule has 0 amide bonds. The maximum atomic E-state index is 11.3. The Morgan fingerprint density at radius 2 is 2.27 bits per heavy atom. The van der Waals surface area contributed by atoms with Gasteiger partial charge in [0.2, 0.25) is 0 Å². The number of nitrogens with zero attached hydrogens (tertiary/aromatic N) is 2. The summed E-state index contributed by atoms with van der Waals surface area (Å²) >= 11 is 6.03. The van der Waals surface area contributed by atoms with E-state index in [1.165, 1.54) is 7.11 Å². The van der Waals surface area contributed by atoms with Gasteiger partial charge in [-0.15, -0.1) is 0 Å². The molecule has 15 heavy (non-hydrogen) atoms. The van der Waals surface area contributed by atoms with Gasteiger partial charge in [-0.1, -0.05) is 11.6 Å². The number of methoxy groups -OCH3 is 1. The van der Waals surface area contributed by atoms with Gasteiger partial charge in [0.15, 0.2) is 5.65 Å². The highest BCUT2D eigenvalue weighted by molar-refractivity contribution is 6.35. The molecule has 0 saturated heterocycles. The minimum atomic E-state index is -0.419. The maximum Gasteiger partial charge on any atom is 0.312 e. The lowest BCUT2D eigenvalue weighted by Gasteiger charge is -2.03. The molecule has 0 aliphatic rings. The van der Waals surface area contributed by atoms with E-state index in [2.05, 4.69) is 15.0 Å². The molecule has 0 bridgehead atoms. The molecule has 2 aromatic heterocycles. The second-order valence-corrected chi connectivity index (χ2v) is 3.41. The van der Waals surface area contributed by atoms with Crippen molar-refractivity contribution in [2.75, 3.05) is 7.11 Å². The van der Waals surface area contributed by atoms with Gasteiger partial charge < -0.3 is 9.72 Å². The number of rotatable bonds is 1. The third-order valence-electron chi connectivity index (χ3n) is 2.00. The van der Waals surface area contributed by atoms with E-state index in [1.807, 2.05) is 6.92 Å². The van der Waals surface area contributed by atoms with Crippen LogP contribution < -0.4 is 10.3 Å². The number of fused-ring (bicyclic) bond motifs is 1. The second-order valence-electron chi connectivity index (χ2n) is 3.03. The van der Waals surface area contributed by atoms with E-state index >= 15 is 0 Å². The Balaban J connectivity index is 2.89. The fourth-order valence-corrected chi connectivity index (χ4v) is 1.40. The van der Waals surface area contributed by atoms with Crippen molar-refractivity contribution >= 4 is 22.8 Å². The smallest absolute Gasteiger partial charge is 0.312 e. The van der Waals surface area contributed by atoms with Gasteiger partial charge >= 0.3 is 5.56 Å². The molecule has 6 heteroatoms. The minimum Gasteiger partial charge on any atom is -0.477 e. The van der Waals surface area contributed by atoms with Crippen molar-refractivity contribution in [1.82, 2.24) is 15.0 Å². The van der Waals surface area contributed by atoms with Crippen LogP contribution in [0.25, 0.3) is 11.2 Å². The maximum absolute atomic E-state index is 11.3. The first kappa shape index (κ1) is 9.92. The number of hydrogen-bond acceptors (Lipinski definition) is 4. The Kier molecular flexibility index (Phi) is 2.32. The Labute approximate surface area is 90.1 Å². The molecule has 2 aromatic rings. The van der Waals surface area contributed by atoms with E-state index in [9.17, 15) is 4.79 Å². The number of aromatic nitrogens is 3. The molecule has 0 atom stereocenters. The van der Waals surface area contributed by atoms with Crippen LogP contribution in [0.15, 0.2) is 11.0 Å². The number of nitrogens with one attached hydrogen (secondary N) is 1. The van der Waals surface area contributed by atoms with Crippen molar-refractivity contribution in [2.45, 2.75) is 6.92 Å². The Bertz CT molecular complexity index is 579. The van der Waals surface area contributed by atoms with Crippen molar-refractivity contribution in [3.63, 3.8) is 0 Å². The molecule has 2 rings (SSSR count). The number of ether oxygens (including phenoxy) is 1. The lowest BCUT2D eigenvalue weighted by molar-refractivity contribution is 0.393. The summed E-state index contributed by atoms with van der Waals surface area (Å²) in [4.78, 5) is 21.9. The first-order valence-electron chi connectivity index (χ1n) is 4.22. The molecule has 0 aliphatic heterocycles. The zero-order valence-electron chi connectivity index (χ0n) is 8.17. The van der Waals surface area contributed by atoms with Crippen LogP contribution >= 0.6 is 11.6 Å². The quantitative estimate of drug-likeness (QED) is 0.794. The average molecular weight is 226 g/mol. The zero-order valence-corrected chi connectivity index (χ0v) is 8.92. The molecule has 5 nitrogen and oxygen atoms in total. The summed E-state index contributed by atoms with van der Waals surface area (Å²) in [6.45, 7) is 1.81. The molecule has 2 heterocycles. The van der Waals surface area contributed by atoms with Crippen molar-refractivity contribution in [2.24, 2.45) is 0 Å². The first-order valence-corrected chi connectivity index (χ1v) is 4.60. The summed E-state index contributed by atoms with van der Waals surface area (Å²) in [5.41, 5.74) is 1.17. The number of hydrogen-bond donors (Lipinski definition) is 1. The van der Waals surface area contributed by atoms with Gasteiger partial charge in [-0.25, -0.2) is 9.97 Å². The molecular weight excluding hydrogens is 218 g/mol. The number of H-pyrrole nitrogens is 1. The zero-order chi connectivity index (χ0) is 11.0. The molecule has 0 unspecified atom stereocenters. The van der Waals surface area contributed by atoms with Gasteiger partial charge in [-0.3, -0.25) is 4.79 Å². The van der Waals surface area contributed by atoms with Crippen LogP contribution in [-0.4, -0.2) is 22.1 Å². The fraction of sp³-hybridized carbons (Fsp3) is 0.222. The summed E-state index contributed by atoms with van der Waals surface area (Å²) < 4.78 is 4.81. The molecule has 0 aliphatic carbocycles. The Morgan fingerprint density at radius 3 is 2.93 bits per heavy atom. The summed E-state index contributed by atoms with van der Waals surface area (Å²) in [7, 11) is 1.38. The Hall–Kier alpha value is -1.62. The van der Waals surface area contributed by atoms with Gasteiger partial charge in [0.1, 0.15) is 5.52 Å². The first-order chi connectivity index (χ1) is 7.13. The molecule has 1 N–H and O–H groups in total. The van der Waals surface area contributed by atoms with Gasteiger partial charge in [0.05, 0.1) is 12.1 Å². The van der Waals surface area contributed by atoms with Gasteiger partial charge in [0, 0.05) is 6.20 Å². The van der Waals surface area contributed by atoms with Gasteiger partial charge in [-0.05, 0) is 12.5 Å². The van der Waals surface area contributed by atoms with Gasteiger partial charge in [0.25, 0.3) is 5.88 Å². The monoisotopic (exact) mass is 225 g/mol. The molecule has 0 radical (unpaired) electrons. The van der Waals surface area contributed by atoms with Crippen LogP contribution in [0.2, 0.25) is 5.02 Å². The molecule has 78 valence electrons. The third kappa shape index (κ3) is 1.55. The van der Waals surface area contributed by atoms with Crippen LogP contribution in [0.1, 0.15) is 5.56 Å². The largest absolute Gasteiger partial charge is 0.477 e. The van der Waals surface area contributed by atoms with E-state index in [4.69, 9.17) is 16.3 Å². The molecule has 0 saturated carbocycles. The van der Waals surface area contributed by atoms with Crippen LogP contribution in [0.4, 0.5) is 0 Å². The number of pyridine rings is 1. The number of halogens is 1. The van der Waals surface area contributed by atoms with Crippen molar-refractivity contribution in [3.05, 3.63) is 27.1 Å². The van der Waals surface area contributed by atoms with Gasteiger partial charge in [-0.2, -0.15) is 0 Å².